The lowest BCUT2D eigenvalue weighted by molar-refractivity contribution is -0.379. The van der Waals surface area contributed by atoms with Crippen LogP contribution in [0.1, 0.15) is 73.6 Å². The van der Waals surface area contributed by atoms with Gasteiger partial charge in [-0.05, 0) is 33.1 Å². The van der Waals surface area contributed by atoms with E-state index in [9.17, 15) is 0 Å². The molecule has 0 aromatic heterocycles. The van der Waals surface area contributed by atoms with Gasteiger partial charge in [-0.1, -0.05) is 46.5 Å². The van der Waals surface area contributed by atoms with Crippen LogP contribution in [0.5, 0.6) is 0 Å². The number of hydrogen-bond acceptors (Lipinski definition) is 2. The minimum atomic E-state index is -0.212. The van der Waals surface area contributed by atoms with Crippen molar-refractivity contribution in [2.75, 3.05) is 0 Å². The average Bonchev–Trinajstić information content (AvgIpc) is 2.14. The van der Waals surface area contributed by atoms with Crippen LogP contribution in [0, 0.1) is 5.92 Å². The summed E-state index contributed by atoms with van der Waals surface area (Å²) in [5.74, 6) is 0.518. The SMILES string of the molecule is CCCCCCC(OOC(C)(C)C)C(C)C. The Bertz CT molecular complexity index is 159. The zero-order valence-corrected chi connectivity index (χ0v) is 12.0. The van der Waals surface area contributed by atoms with E-state index in [1.165, 1.54) is 25.7 Å². The predicted molar refractivity (Wildman–Crippen MR) is 69.3 cm³/mol. The summed E-state index contributed by atoms with van der Waals surface area (Å²) < 4.78 is 0. The molecule has 0 heterocycles. The summed E-state index contributed by atoms with van der Waals surface area (Å²) in [5.41, 5.74) is -0.212. The molecule has 0 aromatic rings. The summed E-state index contributed by atoms with van der Waals surface area (Å²) in [6, 6.07) is 0. The third kappa shape index (κ3) is 9.17. The van der Waals surface area contributed by atoms with E-state index >= 15 is 0 Å². The Balaban J connectivity index is 3.80. The van der Waals surface area contributed by atoms with Crippen molar-refractivity contribution in [3.8, 4) is 0 Å². The molecule has 0 aliphatic heterocycles. The Morgan fingerprint density at radius 1 is 1.00 bits per heavy atom. The first-order valence-corrected chi connectivity index (χ1v) is 6.71. The monoisotopic (exact) mass is 230 g/mol. The van der Waals surface area contributed by atoms with Gasteiger partial charge in [0.15, 0.2) is 0 Å². The maximum atomic E-state index is 5.55. The first kappa shape index (κ1) is 15.9. The Hall–Kier alpha value is -0.0800. The van der Waals surface area contributed by atoms with E-state index in [4.69, 9.17) is 9.78 Å². The molecule has 98 valence electrons. The summed E-state index contributed by atoms with van der Waals surface area (Å²) in [7, 11) is 0. The standard InChI is InChI=1S/C14H30O2/c1-7-8-9-10-11-13(12(2)3)15-16-14(4,5)6/h12-13H,7-11H2,1-6H3. The van der Waals surface area contributed by atoms with Crippen LogP contribution < -0.4 is 0 Å². The fourth-order valence-corrected chi connectivity index (χ4v) is 1.47. The highest BCUT2D eigenvalue weighted by Gasteiger charge is 2.19. The Morgan fingerprint density at radius 2 is 1.62 bits per heavy atom. The molecule has 1 atom stereocenters. The first-order chi connectivity index (χ1) is 7.37. The van der Waals surface area contributed by atoms with Crippen molar-refractivity contribution >= 4 is 0 Å². The molecule has 0 fully saturated rings. The lowest BCUT2D eigenvalue weighted by Crippen LogP contribution is -2.27. The molecule has 0 aromatic carbocycles. The van der Waals surface area contributed by atoms with Gasteiger partial charge in [0, 0.05) is 0 Å². The summed E-state index contributed by atoms with van der Waals surface area (Å²) >= 11 is 0. The predicted octanol–water partition coefficient (Wildman–Crippen LogP) is 4.73. The first-order valence-electron chi connectivity index (χ1n) is 6.71. The second-order valence-corrected chi connectivity index (χ2v) is 5.92. The van der Waals surface area contributed by atoms with Gasteiger partial charge in [-0.25, -0.2) is 9.78 Å². The average molecular weight is 230 g/mol. The highest BCUT2D eigenvalue weighted by atomic mass is 17.2. The molecule has 0 spiro atoms. The van der Waals surface area contributed by atoms with Crippen molar-refractivity contribution in [1.82, 2.24) is 0 Å². The second kappa shape index (κ2) is 8.08. The van der Waals surface area contributed by atoms with E-state index in [0.29, 0.717) is 5.92 Å². The maximum absolute atomic E-state index is 5.55. The van der Waals surface area contributed by atoms with Crippen LogP contribution in [-0.4, -0.2) is 11.7 Å². The van der Waals surface area contributed by atoms with E-state index < -0.39 is 0 Å². The largest absolute Gasteiger partial charge is 0.233 e. The van der Waals surface area contributed by atoms with Crippen molar-refractivity contribution in [3.05, 3.63) is 0 Å². The zero-order valence-electron chi connectivity index (χ0n) is 12.0. The lowest BCUT2D eigenvalue weighted by Gasteiger charge is -2.25. The van der Waals surface area contributed by atoms with Gasteiger partial charge in [0.05, 0.1) is 11.7 Å². The molecule has 0 N–H and O–H groups in total. The minimum absolute atomic E-state index is 0.212. The molecule has 2 nitrogen and oxygen atoms in total. The van der Waals surface area contributed by atoms with E-state index in [1.54, 1.807) is 0 Å². The molecule has 0 aliphatic rings. The third-order valence-electron chi connectivity index (χ3n) is 2.51. The highest BCUT2D eigenvalue weighted by Crippen LogP contribution is 2.19. The molecule has 0 saturated heterocycles. The quantitative estimate of drug-likeness (QED) is 0.341. The van der Waals surface area contributed by atoms with E-state index in [1.807, 2.05) is 20.8 Å². The molecule has 0 bridgehead atoms. The fraction of sp³-hybridized carbons (Fsp3) is 1.00. The lowest BCUT2D eigenvalue weighted by atomic mass is 10.0. The third-order valence-corrected chi connectivity index (χ3v) is 2.51. The van der Waals surface area contributed by atoms with Crippen LogP contribution >= 0.6 is 0 Å². The fourth-order valence-electron chi connectivity index (χ4n) is 1.47. The van der Waals surface area contributed by atoms with Crippen molar-refractivity contribution in [2.45, 2.75) is 85.4 Å². The molecule has 0 radical (unpaired) electrons. The van der Waals surface area contributed by atoms with Gasteiger partial charge < -0.3 is 0 Å². The van der Waals surface area contributed by atoms with Crippen molar-refractivity contribution in [2.24, 2.45) is 5.92 Å². The smallest absolute Gasteiger partial charge is 0.0953 e. The highest BCUT2D eigenvalue weighted by molar-refractivity contribution is 4.62. The van der Waals surface area contributed by atoms with Crippen molar-refractivity contribution in [3.63, 3.8) is 0 Å². The van der Waals surface area contributed by atoms with Crippen molar-refractivity contribution < 1.29 is 9.78 Å². The van der Waals surface area contributed by atoms with Gasteiger partial charge >= 0.3 is 0 Å². The van der Waals surface area contributed by atoms with E-state index in [-0.39, 0.29) is 11.7 Å². The maximum Gasteiger partial charge on any atom is 0.0953 e. The molecule has 0 amide bonds. The molecule has 0 rings (SSSR count). The summed E-state index contributed by atoms with van der Waals surface area (Å²) in [6.45, 7) is 12.7. The molecule has 0 aliphatic carbocycles. The van der Waals surface area contributed by atoms with Gasteiger partial charge in [0.25, 0.3) is 0 Å². The number of hydrogen-bond donors (Lipinski definition) is 0. The van der Waals surface area contributed by atoms with Crippen LogP contribution in [0.15, 0.2) is 0 Å². The Morgan fingerprint density at radius 3 is 2.06 bits per heavy atom. The number of rotatable bonds is 8. The van der Waals surface area contributed by atoms with Gasteiger partial charge in [0.2, 0.25) is 0 Å². The molecule has 2 heteroatoms. The van der Waals surface area contributed by atoms with Crippen LogP contribution in [-0.2, 0) is 9.78 Å². The van der Waals surface area contributed by atoms with Gasteiger partial charge in [0.1, 0.15) is 0 Å². The second-order valence-electron chi connectivity index (χ2n) is 5.92. The van der Waals surface area contributed by atoms with Gasteiger partial charge in [-0.15, -0.1) is 0 Å². The molecule has 1 unspecified atom stereocenters. The normalized spacial score (nSPS) is 14.4. The minimum Gasteiger partial charge on any atom is -0.233 e. The van der Waals surface area contributed by atoms with Crippen LogP contribution in [0.4, 0.5) is 0 Å². The molecule has 16 heavy (non-hydrogen) atoms. The topological polar surface area (TPSA) is 18.5 Å². The van der Waals surface area contributed by atoms with E-state index in [2.05, 4.69) is 20.8 Å². The molecule has 0 saturated carbocycles. The summed E-state index contributed by atoms with van der Waals surface area (Å²) in [5, 5.41) is 0. The molecular formula is C14H30O2. The summed E-state index contributed by atoms with van der Waals surface area (Å²) in [6.07, 6.45) is 6.49. The molecular weight excluding hydrogens is 200 g/mol. The Kier molecular flexibility index (Phi) is 8.04. The van der Waals surface area contributed by atoms with Crippen molar-refractivity contribution in [1.29, 1.82) is 0 Å². The number of unbranched alkanes of at least 4 members (excludes halogenated alkanes) is 3. The summed E-state index contributed by atoms with van der Waals surface area (Å²) in [4.78, 5) is 11.0. The van der Waals surface area contributed by atoms with Crippen LogP contribution in [0.25, 0.3) is 0 Å². The van der Waals surface area contributed by atoms with Crippen LogP contribution in [0.3, 0.4) is 0 Å². The van der Waals surface area contributed by atoms with E-state index in [0.717, 1.165) is 6.42 Å². The van der Waals surface area contributed by atoms with Crippen LogP contribution in [0.2, 0.25) is 0 Å². The van der Waals surface area contributed by atoms with Gasteiger partial charge in [-0.2, -0.15) is 0 Å². The Labute approximate surface area is 102 Å². The zero-order chi connectivity index (χ0) is 12.6. The van der Waals surface area contributed by atoms with Gasteiger partial charge in [-0.3, -0.25) is 0 Å².